The molecule has 2 aromatic heterocycles. The zero-order valence-corrected chi connectivity index (χ0v) is 24.4. The van der Waals surface area contributed by atoms with Crippen molar-refractivity contribution >= 4 is 54.3 Å². The first-order chi connectivity index (χ1) is 19.0. The standard InChI is InChI=1S/C30H27BrN4O4S/c1-30(2,3)20-9-12-22(13-10-20)40(37,38)35-21-11-14-25-23(17-21)27(19-7-5-4-6-8-19)28(33-25)39-29(36)34-26-15-16-32-18-24(26)31/h4-18,33,35H,1-3H3,(H,32,34,36). The third-order valence-electron chi connectivity index (χ3n) is 6.31. The summed E-state index contributed by atoms with van der Waals surface area (Å²) in [5.74, 6) is 0.224. The summed E-state index contributed by atoms with van der Waals surface area (Å²) in [5, 5.41) is 3.38. The lowest BCUT2D eigenvalue weighted by molar-refractivity contribution is 0.214. The number of hydrogen-bond donors (Lipinski definition) is 3. The Bertz CT molecular complexity index is 1800. The van der Waals surface area contributed by atoms with Gasteiger partial charge in [0.25, 0.3) is 10.0 Å². The van der Waals surface area contributed by atoms with Crippen molar-refractivity contribution in [2.75, 3.05) is 10.0 Å². The minimum absolute atomic E-state index is 0.0889. The maximum Gasteiger partial charge on any atom is 0.418 e. The van der Waals surface area contributed by atoms with Gasteiger partial charge in [0.05, 0.1) is 20.6 Å². The van der Waals surface area contributed by atoms with Crippen molar-refractivity contribution in [3.8, 4) is 17.0 Å². The van der Waals surface area contributed by atoms with Crippen LogP contribution in [-0.4, -0.2) is 24.5 Å². The van der Waals surface area contributed by atoms with E-state index < -0.39 is 16.1 Å². The number of benzene rings is 3. The van der Waals surface area contributed by atoms with Gasteiger partial charge in [-0.2, -0.15) is 0 Å². The van der Waals surface area contributed by atoms with E-state index >= 15 is 0 Å². The van der Waals surface area contributed by atoms with Crippen molar-refractivity contribution in [1.82, 2.24) is 9.97 Å². The van der Waals surface area contributed by atoms with Gasteiger partial charge in [-0.15, -0.1) is 0 Å². The van der Waals surface area contributed by atoms with E-state index in [0.717, 1.165) is 11.1 Å². The van der Waals surface area contributed by atoms with Gasteiger partial charge in [0.2, 0.25) is 5.88 Å². The second kappa shape index (κ2) is 10.8. The smallest absolute Gasteiger partial charge is 0.392 e. The molecule has 8 nitrogen and oxygen atoms in total. The Labute approximate surface area is 241 Å². The van der Waals surface area contributed by atoms with Crippen LogP contribution in [0.25, 0.3) is 22.0 Å². The van der Waals surface area contributed by atoms with Crippen LogP contribution >= 0.6 is 15.9 Å². The Morgan fingerprint density at radius 3 is 2.38 bits per heavy atom. The number of aromatic nitrogens is 2. The molecule has 3 N–H and O–H groups in total. The minimum Gasteiger partial charge on any atom is -0.392 e. The highest BCUT2D eigenvalue weighted by atomic mass is 79.9. The number of H-pyrrole nitrogens is 1. The molecule has 5 rings (SSSR count). The van der Waals surface area contributed by atoms with Gasteiger partial charge < -0.3 is 9.72 Å². The predicted molar refractivity (Wildman–Crippen MR) is 161 cm³/mol. The average molecular weight is 620 g/mol. The van der Waals surface area contributed by atoms with Crippen LogP contribution in [-0.2, 0) is 15.4 Å². The lowest BCUT2D eigenvalue weighted by Gasteiger charge is -2.19. The highest BCUT2D eigenvalue weighted by molar-refractivity contribution is 9.10. The van der Waals surface area contributed by atoms with E-state index in [1.54, 1.807) is 48.8 Å². The molecule has 0 aliphatic carbocycles. The molecule has 0 radical (unpaired) electrons. The van der Waals surface area contributed by atoms with Crippen molar-refractivity contribution in [3.05, 3.63) is 101 Å². The predicted octanol–water partition coefficient (Wildman–Crippen LogP) is 7.70. The van der Waals surface area contributed by atoms with E-state index in [2.05, 4.69) is 56.7 Å². The highest BCUT2D eigenvalue weighted by Crippen LogP contribution is 2.39. The Balaban J connectivity index is 1.48. The molecule has 0 fully saturated rings. The third kappa shape index (κ3) is 5.88. The lowest BCUT2D eigenvalue weighted by Crippen LogP contribution is -2.17. The van der Waals surface area contributed by atoms with Crippen LogP contribution in [0.15, 0.2) is 101 Å². The van der Waals surface area contributed by atoms with Gasteiger partial charge in [0.1, 0.15) is 0 Å². The van der Waals surface area contributed by atoms with Crippen molar-refractivity contribution in [2.24, 2.45) is 0 Å². The van der Waals surface area contributed by atoms with Crippen LogP contribution in [0.1, 0.15) is 26.3 Å². The molecule has 0 atom stereocenters. The number of aromatic amines is 1. The SMILES string of the molecule is CC(C)(C)c1ccc(S(=O)(=O)Nc2ccc3[nH]c(OC(=O)Nc4ccncc4Br)c(-c4ccccc4)c3c2)cc1. The third-order valence-corrected chi connectivity index (χ3v) is 8.34. The first kappa shape index (κ1) is 27.4. The molecule has 0 unspecified atom stereocenters. The number of carbonyl (C=O) groups is 1. The molecule has 204 valence electrons. The largest absolute Gasteiger partial charge is 0.418 e. The molecule has 0 aliphatic heterocycles. The van der Waals surface area contributed by atoms with Crippen molar-refractivity contribution in [2.45, 2.75) is 31.1 Å². The van der Waals surface area contributed by atoms with Gasteiger partial charge >= 0.3 is 6.09 Å². The van der Waals surface area contributed by atoms with Gasteiger partial charge in [-0.3, -0.25) is 15.0 Å². The first-order valence-corrected chi connectivity index (χ1v) is 14.7. The quantitative estimate of drug-likeness (QED) is 0.180. The van der Waals surface area contributed by atoms with Crippen molar-refractivity contribution < 1.29 is 17.9 Å². The van der Waals surface area contributed by atoms with Gasteiger partial charge in [-0.05, 0) is 68.9 Å². The lowest BCUT2D eigenvalue weighted by atomic mass is 9.87. The molecule has 0 spiro atoms. The van der Waals surface area contributed by atoms with Gasteiger partial charge in [0.15, 0.2) is 0 Å². The van der Waals surface area contributed by atoms with E-state index in [1.165, 1.54) is 0 Å². The summed E-state index contributed by atoms with van der Waals surface area (Å²) in [7, 11) is -3.84. The highest BCUT2D eigenvalue weighted by Gasteiger charge is 2.21. The number of sulfonamides is 1. The first-order valence-electron chi connectivity index (χ1n) is 12.4. The monoisotopic (exact) mass is 618 g/mol. The number of halogens is 1. The molecule has 0 aliphatic rings. The summed E-state index contributed by atoms with van der Waals surface area (Å²) in [5.41, 5.74) is 3.91. The number of hydrogen-bond acceptors (Lipinski definition) is 5. The van der Waals surface area contributed by atoms with Crippen molar-refractivity contribution in [1.29, 1.82) is 0 Å². The van der Waals surface area contributed by atoms with E-state index in [9.17, 15) is 13.2 Å². The molecule has 5 aromatic rings. The average Bonchev–Trinajstić information content (AvgIpc) is 3.26. The normalized spacial score (nSPS) is 11.8. The Morgan fingerprint density at radius 1 is 0.975 bits per heavy atom. The Morgan fingerprint density at radius 2 is 1.70 bits per heavy atom. The fourth-order valence-electron chi connectivity index (χ4n) is 4.25. The maximum absolute atomic E-state index is 13.2. The summed E-state index contributed by atoms with van der Waals surface area (Å²) in [6, 6.07) is 23.1. The fourth-order valence-corrected chi connectivity index (χ4v) is 5.65. The zero-order valence-electron chi connectivity index (χ0n) is 22.0. The van der Waals surface area contributed by atoms with E-state index in [1.807, 2.05) is 42.5 Å². The summed E-state index contributed by atoms with van der Waals surface area (Å²) in [6.07, 6.45) is 2.42. The molecule has 1 amide bonds. The topological polar surface area (TPSA) is 113 Å². The number of ether oxygens (including phenoxy) is 1. The van der Waals surface area contributed by atoms with E-state index in [4.69, 9.17) is 4.74 Å². The molecule has 40 heavy (non-hydrogen) atoms. The van der Waals surface area contributed by atoms with Crippen LogP contribution in [0.2, 0.25) is 0 Å². The molecular weight excluding hydrogens is 592 g/mol. The number of carbonyl (C=O) groups excluding carboxylic acids is 1. The van der Waals surface area contributed by atoms with E-state index in [0.29, 0.717) is 32.3 Å². The number of amides is 1. The molecule has 2 heterocycles. The molecule has 0 saturated heterocycles. The fraction of sp³-hybridized carbons (Fsp3) is 0.133. The maximum atomic E-state index is 13.2. The summed E-state index contributed by atoms with van der Waals surface area (Å²) >= 11 is 3.35. The molecule has 10 heteroatoms. The van der Waals surface area contributed by atoms with Crippen LogP contribution in [0.5, 0.6) is 5.88 Å². The molecule has 0 saturated carbocycles. The molecule has 3 aromatic carbocycles. The number of anilines is 2. The van der Waals surface area contributed by atoms with Gasteiger partial charge in [0, 0.05) is 29.0 Å². The number of fused-ring (bicyclic) bond motifs is 1. The van der Waals surface area contributed by atoms with E-state index in [-0.39, 0.29) is 16.2 Å². The Kier molecular flexibility index (Phi) is 7.39. The number of pyridine rings is 1. The second-order valence-corrected chi connectivity index (χ2v) is 12.7. The van der Waals surface area contributed by atoms with Crippen LogP contribution in [0.3, 0.4) is 0 Å². The van der Waals surface area contributed by atoms with Crippen LogP contribution < -0.4 is 14.8 Å². The second-order valence-electron chi connectivity index (χ2n) is 10.2. The molecule has 0 bridgehead atoms. The van der Waals surface area contributed by atoms with Crippen molar-refractivity contribution in [3.63, 3.8) is 0 Å². The minimum atomic E-state index is -3.84. The number of nitrogens with one attached hydrogen (secondary N) is 3. The van der Waals surface area contributed by atoms with Crippen LogP contribution in [0.4, 0.5) is 16.2 Å². The Hall–Kier alpha value is -4.15. The summed E-state index contributed by atoms with van der Waals surface area (Å²) < 4.78 is 35.4. The zero-order chi connectivity index (χ0) is 28.5. The summed E-state index contributed by atoms with van der Waals surface area (Å²) in [6.45, 7) is 6.22. The molecular formula is C30H27BrN4O4S. The van der Waals surface area contributed by atoms with Gasteiger partial charge in [-0.25, -0.2) is 13.2 Å². The number of rotatable bonds is 6. The van der Waals surface area contributed by atoms with Gasteiger partial charge in [-0.1, -0.05) is 63.2 Å². The summed E-state index contributed by atoms with van der Waals surface area (Å²) in [4.78, 5) is 20.1. The number of nitrogens with zero attached hydrogens (tertiary/aromatic N) is 1. The van der Waals surface area contributed by atoms with Crippen LogP contribution in [0, 0.1) is 0 Å².